The van der Waals surface area contributed by atoms with E-state index in [0.29, 0.717) is 15.5 Å². The molecular weight excluding hydrogens is 706 g/mol. The lowest BCUT2D eigenvalue weighted by Gasteiger charge is -2.49. The summed E-state index contributed by atoms with van der Waals surface area (Å²) in [6, 6.07) is 1.09. The zero-order chi connectivity index (χ0) is 32.2. The third-order valence-corrected chi connectivity index (χ3v) is 10.2. The second-order valence-electron chi connectivity index (χ2n) is 9.11. The molecule has 4 amide bonds. The number of anilines is 1. The van der Waals surface area contributed by atoms with E-state index in [4.69, 9.17) is 5.73 Å². The van der Waals surface area contributed by atoms with Gasteiger partial charge in [0.15, 0.2) is 27.0 Å². The van der Waals surface area contributed by atoms with Gasteiger partial charge in [0.25, 0.3) is 5.91 Å². The third kappa shape index (κ3) is 7.50. The number of nitrogens with zero attached hydrogens (tertiary/aromatic N) is 5. The predicted octanol–water partition coefficient (Wildman–Crippen LogP) is 0.248. The number of benzene rings is 1. The molecule has 0 bridgehead atoms. The van der Waals surface area contributed by atoms with Gasteiger partial charge in [-0.05, 0) is 29.3 Å². The van der Waals surface area contributed by atoms with Crippen molar-refractivity contribution in [2.75, 3.05) is 17.2 Å². The molecule has 8 N–H and O–H groups in total. The molecule has 1 fully saturated rings. The minimum atomic E-state index is -1.54. The number of β-lactam (4-membered cyclic amide) rings is 1. The number of thioether (sulfide) groups is 2. The fraction of sp³-hybridized carbons (Fsp3) is 0.208. The Balaban J connectivity index is 0.00000480. The number of carbonyl (C=O) groups is 5. The number of aromatic hydroxyl groups is 2. The number of hydrogen-bond donors (Lipinski definition) is 7. The van der Waals surface area contributed by atoms with Gasteiger partial charge < -0.3 is 31.7 Å². The van der Waals surface area contributed by atoms with Gasteiger partial charge in [-0.2, -0.15) is 5.10 Å². The number of aliphatic carboxylic acids is 1. The van der Waals surface area contributed by atoms with Crippen molar-refractivity contribution in [1.82, 2.24) is 36.1 Å². The highest BCUT2D eigenvalue weighted by Crippen LogP contribution is 2.42. The van der Waals surface area contributed by atoms with Crippen LogP contribution in [0.15, 0.2) is 49.8 Å². The molecule has 3 aromatic rings. The summed E-state index contributed by atoms with van der Waals surface area (Å²) in [5.74, 6) is -5.57. The van der Waals surface area contributed by atoms with Crippen molar-refractivity contribution < 1.29 is 39.3 Å². The Bertz CT molecular complexity index is 1740. The number of rotatable bonds is 10. The number of nitrogens with two attached hydrogens (primary N) is 1. The number of nitrogens with one attached hydrogen (secondary N) is 3. The van der Waals surface area contributed by atoms with Crippen LogP contribution < -0.4 is 21.8 Å². The zero-order valence-corrected chi connectivity index (χ0v) is 26.9. The number of amides is 4. The Labute approximate surface area is 281 Å². The van der Waals surface area contributed by atoms with E-state index in [9.17, 15) is 39.3 Å². The molecule has 0 aliphatic carbocycles. The number of aromatic nitrogens is 3. The summed E-state index contributed by atoms with van der Waals surface area (Å²) in [7, 11) is 0. The normalized spacial score (nSPS) is 17.8. The Hall–Kier alpha value is -4.44. The smallest absolute Gasteiger partial charge is 0.352 e. The van der Waals surface area contributed by atoms with Gasteiger partial charge in [0.2, 0.25) is 5.91 Å². The maximum Gasteiger partial charge on any atom is 0.352 e. The molecule has 2 unspecified atom stereocenters. The average molecular weight is 728 g/mol. The first kappa shape index (κ1) is 34.4. The number of carboxylic acid groups (broad SMARTS) is 1. The van der Waals surface area contributed by atoms with Crippen molar-refractivity contribution in [2.24, 2.45) is 5.10 Å². The van der Waals surface area contributed by atoms with E-state index in [1.165, 1.54) is 58.4 Å². The predicted molar refractivity (Wildman–Crippen MR) is 170 cm³/mol. The quantitative estimate of drug-likeness (QED) is 0.0369. The maximum atomic E-state index is 13.4. The summed E-state index contributed by atoms with van der Waals surface area (Å²) >= 11 is 4.84. The number of halogens is 1. The highest BCUT2D eigenvalue weighted by Gasteiger charge is 2.54. The summed E-state index contributed by atoms with van der Waals surface area (Å²) in [4.78, 5) is 68.9. The van der Waals surface area contributed by atoms with Gasteiger partial charge in [0.05, 0.1) is 11.9 Å². The van der Waals surface area contributed by atoms with Gasteiger partial charge in [0.1, 0.15) is 22.6 Å². The van der Waals surface area contributed by atoms with Crippen LogP contribution in [0.25, 0.3) is 0 Å². The van der Waals surface area contributed by atoms with Crippen molar-refractivity contribution in [3.8, 4) is 11.5 Å². The molecule has 4 heterocycles. The molecule has 5 rings (SSSR count). The second kappa shape index (κ2) is 14.8. The number of fused-ring (bicyclic) bond motifs is 1. The van der Waals surface area contributed by atoms with E-state index in [0.717, 1.165) is 22.5 Å². The molecule has 0 spiro atoms. The third-order valence-electron chi connectivity index (χ3n) is 6.22. The zero-order valence-electron chi connectivity index (χ0n) is 22.8. The standard InChI is InChI=1S/C24H21N9O8S4.ClH/c25-23-28-11(7-43-23)14(29-18(37)19(38)31-26-4-9-1-2-12(34)13(35)3-9)17(36)30-15-20(39)33-16(22(40)41)10(5-42-21(15)33)6-44-24-32-27-8-45-24;/h1-4,7-8,14-15,21,34-35H,5-6H2,(H2,25,28)(H,29,37)(H,30,36)(H,31,38)(H,40,41);1H/t14?,15?,21-;/m0./s1. The first-order chi connectivity index (χ1) is 21.5. The summed E-state index contributed by atoms with van der Waals surface area (Å²) < 4.78 is 0.647. The van der Waals surface area contributed by atoms with Crippen LogP contribution in [0, 0.1) is 0 Å². The number of carbonyl (C=O) groups excluding carboxylic acids is 4. The fourth-order valence-corrected chi connectivity index (χ4v) is 7.71. The van der Waals surface area contributed by atoms with Crippen LogP contribution >= 0.6 is 58.6 Å². The topological polar surface area (TPSA) is 262 Å². The molecule has 46 heavy (non-hydrogen) atoms. The lowest BCUT2D eigenvalue weighted by atomic mass is 10.0. The summed E-state index contributed by atoms with van der Waals surface area (Å²) in [5, 5.41) is 45.6. The number of hydrazone groups is 1. The SMILES string of the molecule is Cl.Nc1nc(C(NC(=O)C(=O)NN=Cc2ccc(O)c(O)c2)C(=O)NC2C(=O)N3C(C(=O)O)=C(CSc4nncs4)CS[C@@H]23)cs1. The van der Waals surface area contributed by atoms with E-state index in [2.05, 4.69) is 30.9 Å². The van der Waals surface area contributed by atoms with Gasteiger partial charge in [-0.25, -0.2) is 15.2 Å². The number of hydrogen-bond acceptors (Lipinski definition) is 16. The average Bonchev–Trinajstić information content (AvgIpc) is 3.70. The Morgan fingerprint density at radius 3 is 2.63 bits per heavy atom. The Kier molecular flexibility index (Phi) is 11.1. The van der Waals surface area contributed by atoms with Gasteiger partial charge in [-0.15, -0.1) is 45.7 Å². The highest BCUT2D eigenvalue weighted by atomic mass is 35.5. The first-order valence-corrected chi connectivity index (χ1v) is 16.3. The fourth-order valence-electron chi connectivity index (χ4n) is 4.15. The molecule has 2 aromatic heterocycles. The number of carboxylic acids is 1. The second-order valence-corrected chi connectivity index (χ2v) is 13.2. The van der Waals surface area contributed by atoms with Crippen molar-refractivity contribution in [3.63, 3.8) is 0 Å². The van der Waals surface area contributed by atoms with Crippen LogP contribution in [0.1, 0.15) is 17.3 Å². The van der Waals surface area contributed by atoms with Crippen LogP contribution in [0.2, 0.25) is 0 Å². The molecular formula is C24H22ClN9O8S4. The molecule has 2 aliphatic rings. The molecule has 1 saturated heterocycles. The molecule has 0 radical (unpaired) electrons. The van der Waals surface area contributed by atoms with Crippen LogP contribution in [0.3, 0.4) is 0 Å². The first-order valence-electron chi connectivity index (χ1n) is 12.5. The molecule has 3 atom stereocenters. The minimum absolute atomic E-state index is 0. The van der Waals surface area contributed by atoms with Crippen LogP contribution in [-0.4, -0.2) is 94.1 Å². The number of thiazole rings is 1. The maximum absolute atomic E-state index is 13.4. The highest BCUT2D eigenvalue weighted by molar-refractivity contribution is 8.01. The summed E-state index contributed by atoms with van der Waals surface area (Å²) in [5.41, 5.74) is 9.88. The van der Waals surface area contributed by atoms with Crippen molar-refractivity contribution in [3.05, 3.63) is 51.6 Å². The molecule has 2 aliphatic heterocycles. The lowest BCUT2D eigenvalue weighted by molar-refractivity contribution is -0.151. The molecule has 22 heteroatoms. The number of phenolic OH excluding ortho intramolecular Hbond substituents is 2. The molecule has 0 saturated carbocycles. The van der Waals surface area contributed by atoms with Gasteiger partial charge in [-0.3, -0.25) is 24.1 Å². The summed E-state index contributed by atoms with van der Waals surface area (Å²) in [6.45, 7) is 0. The van der Waals surface area contributed by atoms with Crippen LogP contribution in [0.5, 0.6) is 11.5 Å². The van der Waals surface area contributed by atoms with Gasteiger partial charge >= 0.3 is 17.8 Å². The van der Waals surface area contributed by atoms with Gasteiger partial charge in [-0.1, -0.05) is 23.1 Å². The lowest BCUT2D eigenvalue weighted by Crippen LogP contribution is -2.71. The largest absolute Gasteiger partial charge is 0.504 e. The Morgan fingerprint density at radius 1 is 1.20 bits per heavy atom. The minimum Gasteiger partial charge on any atom is -0.504 e. The van der Waals surface area contributed by atoms with E-state index in [-0.39, 0.29) is 46.2 Å². The van der Waals surface area contributed by atoms with E-state index in [1.54, 1.807) is 5.51 Å². The monoisotopic (exact) mass is 727 g/mol. The summed E-state index contributed by atoms with van der Waals surface area (Å²) in [6.07, 6.45) is 1.10. The van der Waals surface area contributed by atoms with E-state index < -0.39 is 52.8 Å². The number of phenols is 2. The Morgan fingerprint density at radius 2 is 1.98 bits per heavy atom. The number of nitrogen functional groups attached to an aromatic ring is 1. The molecule has 1 aromatic carbocycles. The van der Waals surface area contributed by atoms with Crippen molar-refractivity contribution in [1.29, 1.82) is 0 Å². The van der Waals surface area contributed by atoms with Crippen LogP contribution in [-0.2, 0) is 24.0 Å². The van der Waals surface area contributed by atoms with Gasteiger partial charge in [0, 0.05) is 16.9 Å². The van der Waals surface area contributed by atoms with Crippen molar-refractivity contribution in [2.45, 2.75) is 21.8 Å². The van der Waals surface area contributed by atoms with Crippen LogP contribution in [0.4, 0.5) is 5.13 Å². The van der Waals surface area contributed by atoms with E-state index >= 15 is 0 Å². The van der Waals surface area contributed by atoms with E-state index in [1.807, 2.05) is 5.43 Å². The molecule has 242 valence electrons. The molecule has 17 nitrogen and oxygen atoms in total. The van der Waals surface area contributed by atoms with Crippen molar-refractivity contribution >= 4 is 99.5 Å².